The summed E-state index contributed by atoms with van der Waals surface area (Å²) in [4.78, 5) is 24.3. The average Bonchev–Trinajstić information content (AvgIpc) is 2.84. The van der Waals surface area contributed by atoms with Crippen LogP contribution in [0.2, 0.25) is 0 Å². The van der Waals surface area contributed by atoms with E-state index in [1.807, 2.05) is 0 Å². The summed E-state index contributed by atoms with van der Waals surface area (Å²) in [5.41, 5.74) is 1.03. The van der Waals surface area contributed by atoms with E-state index in [4.69, 9.17) is 5.11 Å². The molecule has 4 aromatic rings. The molecule has 0 atom stereocenters. The fourth-order valence-corrected chi connectivity index (χ4v) is 4.37. The molecule has 0 saturated heterocycles. The maximum absolute atomic E-state index is 13.4. The second-order valence-electron chi connectivity index (χ2n) is 7.36. The molecule has 0 fully saturated rings. The topological polar surface area (TPSA) is 113 Å². The Hall–Kier alpha value is -4.25. The first-order valence-corrected chi connectivity index (χ1v) is 11.3. The predicted molar refractivity (Wildman–Crippen MR) is 126 cm³/mol. The Kier molecular flexibility index (Phi) is 5.80. The molecule has 0 unspecified atom stereocenters. The van der Waals surface area contributed by atoms with Gasteiger partial charge in [-0.25, -0.2) is 9.18 Å². The molecule has 0 saturated carbocycles. The van der Waals surface area contributed by atoms with Crippen LogP contribution in [0.25, 0.3) is 27.7 Å². The number of benzene rings is 3. The molecule has 9 nitrogen and oxygen atoms in total. The van der Waals surface area contributed by atoms with E-state index in [0.717, 1.165) is 16.0 Å². The second kappa shape index (κ2) is 8.60. The summed E-state index contributed by atoms with van der Waals surface area (Å²) in [6, 6.07) is 18.5. The van der Waals surface area contributed by atoms with Crippen molar-refractivity contribution in [2.45, 2.75) is 0 Å². The number of carbonyl (C=O) groups is 1. The normalized spacial score (nSPS) is 11.4. The lowest BCUT2D eigenvalue weighted by atomic mass is 10.0. The minimum atomic E-state index is -4.34. The summed E-state index contributed by atoms with van der Waals surface area (Å²) < 4.78 is 40.9. The molecule has 0 aliphatic heterocycles. The highest BCUT2D eigenvalue weighted by Gasteiger charge is 2.28. The SMILES string of the molecule is CN(C(=O)O)S(=O)(=O)N(C)c1cccc(-c2nn(-c3ccc(F)cc3)c(=O)c3ccccc23)c1. The van der Waals surface area contributed by atoms with Crippen molar-refractivity contribution in [1.29, 1.82) is 0 Å². The zero-order valence-electron chi connectivity index (χ0n) is 18.1. The van der Waals surface area contributed by atoms with Crippen LogP contribution in [0, 0.1) is 5.82 Å². The minimum absolute atomic E-state index is 0.191. The standard InChI is InChI=1S/C23H19FN4O5S/c1-26(34(32,33)27(2)23(30)31)18-7-5-6-15(14-18)21-19-8-3-4-9-20(19)22(29)28(25-21)17-12-10-16(24)11-13-17/h3-14H,1-2H3,(H,30,31). The highest BCUT2D eigenvalue weighted by molar-refractivity contribution is 7.91. The smallest absolute Gasteiger partial charge is 0.422 e. The van der Waals surface area contributed by atoms with Gasteiger partial charge in [-0.1, -0.05) is 30.3 Å². The van der Waals surface area contributed by atoms with Crippen molar-refractivity contribution >= 4 is 32.8 Å². The molecule has 0 aliphatic rings. The monoisotopic (exact) mass is 482 g/mol. The number of aromatic nitrogens is 2. The van der Waals surface area contributed by atoms with Crippen molar-refractivity contribution in [3.05, 3.63) is 89.0 Å². The first-order valence-electron chi connectivity index (χ1n) is 9.95. The van der Waals surface area contributed by atoms with E-state index < -0.39 is 27.7 Å². The van der Waals surface area contributed by atoms with Crippen LogP contribution in [0.1, 0.15) is 0 Å². The average molecular weight is 482 g/mol. The predicted octanol–water partition coefficient (Wildman–Crippen LogP) is 3.48. The molecule has 1 amide bonds. The van der Waals surface area contributed by atoms with Crippen LogP contribution in [0.5, 0.6) is 0 Å². The Labute approximate surface area is 194 Å². The lowest BCUT2D eigenvalue weighted by Gasteiger charge is -2.24. The van der Waals surface area contributed by atoms with Gasteiger partial charge in [-0.2, -0.15) is 22.5 Å². The number of amides is 1. The number of hydrogen-bond donors (Lipinski definition) is 1. The molecule has 1 N–H and O–H groups in total. The van der Waals surface area contributed by atoms with E-state index in [0.29, 0.717) is 27.7 Å². The summed E-state index contributed by atoms with van der Waals surface area (Å²) >= 11 is 0. The van der Waals surface area contributed by atoms with Crippen molar-refractivity contribution in [3.8, 4) is 16.9 Å². The lowest BCUT2D eigenvalue weighted by molar-refractivity contribution is 0.178. The van der Waals surface area contributed by atoms with Gasteiger partial charge in [0.25, 0.3) is 5.56 Å². The van der Waals surface area contributed by atoms with Gasteiger partial charge in [0, 0.05) is 25.0 Å². The molecule has 34 heavy (non-hydrogen) atoms. The highest BCUT2D eigenvalue weighted by Crippen LogP contribution is 2.29. The maximum atomic E-state index is 13.4. The first kappa shape index (κ1) is 22.9. The molecule has 1 heterocycles. The fraction of sp³-hybridized carbons (Fsp3) is 0.0870. The summed E-state index contributed by atoms with van der Waals surface area (Å²) in [6.45, 7) is 0. The van der Waals surface area contributed by atoms with Gasteiger partial charge >= 0.3 is 16.3 Å². The number of anilines is 1. The van der Waals surface area contributed by atoms with Crippen molar-refractivity contribution in [2.24, 2.45) is 0 Å². The molecule has 174 valence electrons. The highest BCUT2D eigenvalue weighted by atomic mass is 32.2. The number of carboxylic acid groups (broad SMARTS) is 1. The van der Waals surface area contributed by atoms with E-state index in [2.05, 4.69) is 5.10 Å². The molecule has 0 bridgehead atoms. The van der Waals surface area contributed by atoms with Crippen LogP contribution < -0.4 is 9.86 Å². The third kappa shape index (κ3) is 3.97. The Balaban J connectivity index is 1.91. The van der Waals surface area contributed by atoms with Gasteiger partial charge in [-0.3, -0.25) is 9.10 Å². The van der Waals surface area contributed by atoms with Gasteiger partial charge < -0.3 is 5.11 Å². The van der Waals surface area contributed by atoms with Crippen LogP contribution in [-0.2, 0) is 10.2 Å². The molecule has 1 aromatic heterocycles. The molecule has 0 aliphatic carbocycles. The number of rotatable bonds is 5. The van der Waals surface area contributed by atoms with Crippen LogP contribution >= 0.6 is 0 Å². The molecular formula is C23H19FN4O5S. The summed E-state index contributed by atoms with van der Waals surface area (Å²) in [5.74, 6) is -0.457. The molecule has 3 aromatic carbocycles. The van der Waals surface area contributed by atoms with Crippen molar-refractivity contribution in [1.82, 2.24) is 14.1 Å². The zero-order valence-corrected chi connectivity index (χ0v) is 18.9. The summed E-state index contributed by atoms with van der Waals surface area (Å²) in [7, 11) is -2.17. The Morgan fingerprint density at radius 1 is 0.971 bits per heavy atom. The van der Waals surface area contributed by atoms with E-state index in [-0.39, 0.29) is 9.99 Å². The summed E-state index contributed by atoms with van der Waals surface area (Å²) in [6.07, 6.45) is -1.62. The van der Waals surface area contributed by atoms with Crippen molar-refractivity contribution in [2.75, 3.05) is 18.4 Å². The quantitative estimate of drug-likeness (QED) is 0.466. The molecule has 0 radical (unpaired) electrons. The van der Waals surface area contributed by atoms with Crippen molar-refractivity contribution < 1.29 is 22.7 Å². The lowest BCUT2D eigenvalue weighted by Crippen LogP contribution is -2.42. The largest absolute Gasteiger partial charge is 0.464 e. The van der Waals surface area contributed by atoms with E-state index in [9.17, 15) is 22.4 Å². The van der Waals surface area contributed by atoms with Gasteiger partial charge in [0.1, 0.15) is 5.82 Å². The van der Waals surface area contributed by atoms with E-state index >= 15 is 0 Å². The minimum Gasteiger partial charge on any atom is -0.464 e. The number of nitrogens with zero attached hydrogens (tertiary/aromatic N) is 4. The van der Waals surface area contributed by atoms with Crippen LogP contribution in [-0.4, -0.2) is 47.8 Å². The zero-order chi connectivity index (χ0) is 24.6. The number of halogens is 1. The van der Waals surface area contributed by atoms with Crippen molar-refractivity contribution in [3.63, 3.8) is 0 Å². The number of fused-ring (bicyclic) bond motifs is 1. The number of hydrogen-bond acceptors (Lipinski definition) is 5. The maximum Gasteiger partial charge on any atom is 0.422 e. The van der Waals surface area contributed by atoms with Gasteiger partial charge in [-0.05, 0) is 42.5 Å². The first-order chi connectivity index (χ1) is 16.1. The van der Waals surface area contributed by atoms with Crippen LogP contribution in [0.3, 0.4) is 0 Å². The van der Waals surface area contributed by atoms with Gasteiger partial charge in [-0.15, -0.1) is 0 Å². The molecule has 4 rings (SSSR count). The van der Waals surface area contributed by atoms with Gasteiger partial charge in [0.2, 0.25) is 0 Å². The molecule has 11 heteroatoms. The van der Waals surface area contributed by atoms with Crippen LogP contribution in [0.15, 0.2) is 77.6 Å². The second-order valence-corrected chi connectivity index (χ2v) is 9.35. The van der Waals surface area contributed by atoms with Gasteiger partial charge in [0.05, 0.1) is 22.5 Å². The van der Waals surface area contributed by atoms with E-state index in [1.54, 1.807) is 36.4 Å². The fourth-order valence-electron chi connectivity index (χ4n) is 3.42. The third-order valence-corrected chi connectivity index (χ3v) is 7.07. The van der Waals surface area contributed by atoms with Crippen LogP contribution in [0.4, 0.5) is 14.9 Å². The molecule has 0 spiro atoms. The third-order valence-electron chi connectivity index (χ3n) is 5.32. The Bertz CT molecular complexity index is 1570. The van der Waals surface area contributed by atoms with Gasteiger partial charge in [0.15, 0.2) is 0 Å². The Morgan fingerprint density at radius 2 is 1.62 bits per heavy atom. The summed E-state index contributed by atoms with van der Waals surface area (Å²) in [5, 5.41) is 14.5. The molecular weight excluding hydrogens is 463 g/mol. The Morgan fingerprint density at radius 3 is 2.26 bits per heavy atom. The van der Waals surface area contributed by atoms with E-state index in [1.165, 1.54) is 43.4 Å².